The molecule has 1 aromatic rings. The first-order chi connectivity index (χ1) is 9.24. The minimum Gasteiger partial charge on any atom is -0.481 e. The van der Waals surface area contributed by atoms with Crippen LogP contribution in [0, 0.1) is 11.8 Å². The van der Waals surface area contributed by atoms with Crippen LogP contribution in [-0.4, -0.2) is 35.6 Å². The molecule has 0 spiro atoms. The summed E-state index contributed by atoms with van der Waals surface area (Å²) in [6.45, 7) is 2.89. The summed E-state index contributed by atoms with van der Waals surface area (Å²) in [4.78, 5) is 13.4. The van der Waals surface area contributed by atoms with Gasteiger partial charge in [0.25, 0.3) is 0 Å². The molecule has 2 aliphatic rings. The number of nitrogens with zero attached hydrogens (tertiary/aromatic N) is 1. The van der Waals surface area contributed by atoms with Crippen molar-refractivity contribution in [3.05, 3.63) is 35.9 Å². The highest BCUT2D eigenvalue weighted by molar-refractivity contribution is 5.70. The van der Waals surface area contributed by atoms with Gasteiger partial charge in [0.1, 0.15) is 0 Å². The Morgan fingerprint density at radius 2 is 2.11 bits per heavy atom. The summed E-state index contributed by atoms with van der Waals surface area (Å²) in [5.74, 6) is 0.657. The van der Waals surface area contributed by atoms with E-state index in [4.69, 9.17) is 5.11 Å². The van der Waals surface area contributed by atoms with Crippen LogP contribution in [0.1, 0.15) is 30.7 Å². The fraction of sp³-hybridized carbons (Fsp3) is 0.562. The van der Waals surface area contributed by atoms with Crippen molar-refractivity contribution in [1.82, 2.24) is 4.90 Å². The maximum Gasteiger partial charge on any atom is 0.307 e. The van der Waals surface area contributed by atoms with Crippen molar-refractivity contribution in [3.8, 4) is 0 Å². The number of likely N-dealkylation sites (tertiary alicyclic amines) is 1. The molecule has 3 heteroatoms. The van der Waals surface area contributed by atoms with Crippen molar-refractivity contribution >= 4 is 5.97 Å². The number of carboxylic acid groups (broad SMARTS) is 1. The van der Waals surface area contributed by atoms with Crippen LogP contribution in [0.2, 0.25) is 0 Å². The predicted octanol–water partition coefficient (Wildman–Crippen LogP) is 2.59. The first-order valence-electron chi connectivity index (χ1n) is 7.24. The molecule has 0 amide bonds. The van der Waals surface area contributed by atoms with E-state index in [2.05, 4.69) is 35.2 Å². The van der Waals surface area contributed by atoms with Gasteiger partial charge in [-0.15, -0.1) is 0 Å². The molecule has 1 saturated heterocycles. The quantitative estimate of drug-likeness (QED) is 0.903. The first kappa shape index (κ1) is 12.7. The van der Waals surface area contributed by atoms with E-state index in [1.807, 2.05) is 0 Å². The third kappa shape index (κ3) is 2.98. The average molecular weight is 259 g/mol. The molecule has 1 aliphatic carbocycles. The maximum atomic E-state index is 11.1. The maximum absolute atomic E-state index is 11.1. The van der Waals surface area contributed by atoms with Gasteiger partial charge in [0, 0.05) is 13.1 Å². The van der Waals surface area contributed by atoms with Crippen molar-refractivity contribution in [2.24, 2.45) is 11.8 Å². The topological polar surface area (TPSA) is 40.5 Å². The number of carboxylic acids is 1. The van der Waals surface area contributed by atoms with E-state index in [0.29, 0.717) is 5.92 Å². The fourth-order valence-corrected chi connectivity index (χ4v) is 3.31. The minimum atomic E-state index is -0.625. The van der Waals surface area contributed by atoms with Crippen molar-refractivity contribution in [2.75, 3.05) is 19.6 Å². The summed E-state index contributed by atoms with van der Waals surface area (Å²) in [7, 11) is 0. The number of piperidine rings is 1. The third-order valence-electron chi connectivity index (χ3n) is 4.50. The van der Waals surface area contributed by atoms with E-state index in [-0.39, 0.29) is 5.92 Å². The molecule has 0 bridgehead atoms. The smallest absolute Gasteiger partial charge is 0.307 e. The third-order valence-corrected chi connectivity index (χ3v) is 4.50. The van der Waals surface area contributed by atoms with Gasteiger partial charge in [-0.1, -0.05) is 30.3 Å². The van der Waals surface area contributed by atoms with Crippen LogP contribution in [0.3, 0.4) is 0 Å². The normalized spacial score (nSPS) is 31.1. The van der Waals surface area contributed by atoms with Crippen LogP contribution in [0.4, 0.5) is 0 Å². The van der Waals surface area contributed by atoms with Gasteiger partial charge in [0.05, 0.1) is 5.92 Å². The first-order valence-corrected chi connectivity index (χ1v) is 7.24. The van der Waals surface area contributed by atoms with Crippen LogP contribution in [-0.2, 0) is 4.79 Å². The summed E-state index contributed by atoms with van der Waals surface area (Å²) in [6.07, 6.45) is 3.14. The molecule has 0 radical (unpaired) electrons. The lowest BCUT2D eigenvalue weighted by atomic mass is 9.98. The second-order valence-electron chi connectivity index (χ2n) is 5.95. The van der Waals surface area contributed by atoms with Crippen LogP contribution in [0.5, 0.6) is 0 Å². The molecule has 1 saturated carbocycles. The monoisotopic (exact) mass is 259 g/mol. The fourth-order valence-electron chi connectivity index (χ4n) is 3.31. The molecule has 3 nitrogen and oxygen atoms in total. The molecule has 1 N–H and O–H groups in total. The summed E-state index contributed by atoms with van der Waals surface area (Å²) >= 11 is 0. The summed E-state index contributed by atoms with van der Waals surface area (Å²) in [5, 5.41) is 9.11. The van der Waals surface area contributed by atoms with E-state index in [0.717, 1.165) is 38.4 Å². The zero-order valence-corrected chi connectivity index (χ0v) is 11.2. The van der Waals surface area contributed by atoms with Crippen molar-refractivity contribution in [1.29, 1.82) is 0 Å². The summed E-state index contributed by atoms with van der Waals surface area (Å²) in [5.41, 5.74) is 1.44. The number of carbonyl (C=O) groups is 1. The molecule has 3 atom stereocenters. The summed E-state index contributed by atoms with van der Waals surface area (Å²) in [6, 6.07) is 10.7. The van der Waals surface area contributed by atoms with Crippen LogP contribution >= 0.6 is 0 Å². The molecule has 102 valence electrons. The van der Waals surface area contributed by atoms with Gasteiger partial charge >= 0.3 is 5.97 Å². The molecular formula is C16H21NO2. The number of benzene rings is 1. The Labute approximate surface area is 114 Å². The highest BCUT2D eigenvalue weighted by Crippen LogP contribution is 2.47. The number of hydrogen-bond acceptors (Lipinski definition) is 2. The van der Waals surface area contributed by atoms with Gasteiger partial charge < -0.3 is 10.0 Å². The second-order valence-corrected chi connectivity index (χ2v) is 5.95. The number of rotatable bonds is 4. The molecule has 1 aliphatic heterocycles. The van der Waals surface area contributed by atoms with Crippen molar-refractivity contribution < 1.29 is 9.90 Å². The Morgan fingerprint density at radius 1 is 1.32 bits per heavy atom. The highest BCUT2D eigenvalue weighted by atomic mass is 16.4. The van der Waals surface area contributed by atoms with Crippen LogP contribution < -0.4 is 0 Å². The van der Waals surface area contributed by atoms with Gasteiger partial charge in [0.15, 0.2) is 0 Å². The van der Waals surface area contributed by atoms with Gasteiger partial charge in [0.2, 0.25) is 0 Å². The van der Waals surface area contributed by atoms with E-state index in [9.17, 15) is 4.79 Å². The van der Waals surface area contributed by atoms with Gasteiger partial charge in [-0.3, -0.25) is 4.79 Å². The Hall–Kier alpha value is -1.35. The zero-order chi connectivity index (χ0) is 13.2. The lowest BCUT2D eigenvalue weighted by Gasteiger charge is -2.30. The molecule has 3 rings (SSSR count). The zero-order valence-electron chi connectivity index (χ0n) is 11.2. The predicted molar refractivity (Wildman–Crippen MR) is 74.1 cm³/mol. The number of aliphatic carboxylic acids is 1. The van der Waals surface area contributed by atoms with Gasteiger partial charge in [-0.25, -0.2) is 0 Å². The Balaban J connectivity index is 1.52. The summed E-state index contributed by atoms with van der Waals surface area (Å²) < 4.78 is 0. The Morgan fingerprint density at radius 3 is 2.84 bits per heavy atom. The molecule has 1 heterocycles. The van der Waals surface area contributed by atoms with Crippen molar-refractivity contribution in [2.45, 2.75) is 25.2 Å². The van der Waals surface area contributed by atoms with E-state index >= 15 is 0 Å². The SMILES string of the molecule is O=C(O)C1CCCN(CC2CC2c2ccccc2)C1. The Bertz CT molecular complexity index is 445. The van der Waals surface area contributed by atoms with E-state index in [1.54, 1.807) is 0 Å². The van der Waals surface area contributed by atoms with Gasteiger partial charge in [-0.2, -0.15) is 0 Å². The number of hydrogen-bond donors (Lipinski definition) is 1. The van der Waals surface area contributed by atoms with E-state index < -0.39 is 5.97 Å². The highest BCUT2D eigenvalue weighted by Gasteiger charge is 2.40. The average Bonchev–Trinajstić information content (AvgIpc) is 3.19. The van der Waals surface area contributed by atoms with Gasteiger partial charge in [-0.05, 0) is 43.2 Å². The second kappa shape index (κ2) is 5.33. The molecule has 19 heavy (non-hydrogen) atoms. The molecular weight excluding hydrogens is 238 g/mol. The molecule has 2 fully saturated rings. The lowest BCUT2D eigenvalue weighted by Crippen LogP contribution is -2.39. The molecule has 3 unspecified atom stereocenters. The Kier molecular flexibility index (Phi) is 3.56. The molecule has 0 aromatic heterocycles. The van der Waals surface area contributed by atoms with Crippen LogP contribution in [0.25, 0.3) is 0 Å². The standard InChI is InChI=1S/C16H21NO2/c18-16(19)13-7-4-8-17(10-13)11-14-9-15(14)12-5-2-1-3-6-12/h1-3,5-6,13-15H,4,7-11H2,(H,18,19). The lowest BCUT2D eigenvalue weighted by molar-refractivity contribution is -0.143. The largest absolute Gasteiger partial charge is 0.481 e. The van der Waals surface area contributed by atoms with Crippen molar-refractivity contribution in [3.63, 3.8) is 0 Å². The molecule has 1 aromatic carbocycles. The minimum absolute atomic E-state index is 0.150. The van der Waals surface area contributed by atoms with E-state index in [1.165, 1.54) is 12.0 Å². The van der Waals surface area contributed by atoms with Crippen LogP contribution in [0.15, 0.2) is 30.3 Å².